The molecule has 1 heterocycles. The molecule has 1 saturated heterocycles. The van der Waals surface area contributed by atoms with E-state index in [0.29, 0.717) is 12.3 Å². The summed E-state index contributed by atoms with van der Waals surface area (Å²) in [4.78, 5) is 11.3. The molecule has 1 aromatic rings. The molecule has 1 atom stereocenters. The van der Waals surface area contributed by atoms with Crippen LogP contribution in [0, 0.1) is 11.7 Å². The van der Waals surface area contributed by atoms with Crippen molar-refractivity contribution in [1.29, 1.82) is 0 Å². The lowest BCUT2D eigenvalue weighted by Crippen LogP contribution is -2.33. The first-order chi connectivity index (χ1) is 10.9. The van der Waals surface area contributed by atoms with Gasteiger partial charge in [0.2, 0.25) is 10.0 Å². The molecule has 1 aliphatic heterocycles. The van der Waals surface area contributed by atoms with Gasteiger partial charge < -0.3 is 10.1 Å². The molecule has 0 saturated carbocycles. The van der Waals surface area contributed by atoms with Gasteiger partial charge in [-0.3, -0.25) is 0 Å². The van der Waals surface area contributed by atoms with Gasteiger partial charge in [-0.2, -0.15) is 0 Å². The van der Waals surface area contributed by atoms with Crippen LogP contribution in [0.2, 0.25) is 0 Å². The molecule has 2 N–H and O–H groups in total. The van der Waals surface area contributed by atoms with Crippen molar-refractivity contribution in [3.05, 3.63) is 29.6 Å². The van der Waals surface area contributed by atoms with Crippen LogP contribution < -0.4 is 10.0 Å². The molecule has 1 unspecified atom stereocenters. The van der Waals surface area contributed by atoms with Crippen molar-refractivity contribution in [2.75, 3.05) is 26.7 Å². The fourth-order valence-corrected chi connectivity index (χ4v) is 3.89. The fourth-order valence-electron chi connectivity index (χ4n) is 2.64. The van der Waals surface area contributed by atoms with Crippen LogP contribution in [0.5, 0.6) is 0 Å². The van der Waals surface area contributed by atoms with Gasteiger partial charge in [0.15, 0.2) is 0 Å². The second kappa shape index (κ2) is 7.85. The Morgan fingerprint density at radius 1 is 1.48 bits per heavy atom. The number of carbonyl (C=O) groups excluding carboxylic acids is 1. The molecule has 8 heteroatoms. The lowest BCUT2D eigenvalue weighted by molar-refractivity contribution is 0.0596. The minimum Gasteiger partial charge on any atom is -0.465 e. The number of piperidine rings is 1. The zero-order valence-corrected chi connectivity index (χ0v) is 13.8. The van der Waals surface area contributed by atoms with Crippen molar-refractivity contribution in [3.8, 4) is 0 Å². The Kier molecular flexibility index (Phi) is 6.09. The number of hydrogen-bond acceptors (Lipinski definition) is 5. The molecule has 1 aliphatic rings. The van der Waals surface area contributed by atoms with Crippen LogP contribution in [0.3, 0.4) is 0 Å². The number of hydrogen-bond donors (Lipinski definition) is 2. The molecule has 1 aromatic carbocycles. The van der Waals surface area contributed by atoms with E-state index in [1.54, 1.807) is 0 Å². The fraction of sp³-hybridized carbons (Fsp3) is 0.533. The van der Waals surface area contributed by atoms with E-state index in [1.165, 1.54) is 0 Å². The summed E-state index contributed by atoms with van der Waals surface area (Å²) < 4.78 is 45.1. The minimum atomic E-state index is -3.98. The molecule has 0 aromatic heterocycles. The van der Waals surface area contributed by atoms with Gasteiger partial charge in [-0.1, -0.05) is 0 Å². The normalized spacial score (nSPS) is 18.6. The van der Waals surface area contributed by atoms with Crippen LogP contribution in [0.4, 0.5) is 4.39 Å². The molecule has 1 fully saturated rings. The van der Waals surface area contributed by atoms with Crippen molar-refractivity contribution in [1.82, 2.24) is 10.0 Å². The Balaban J connectivity index is 2.09. The highest BCUT2D eigenvalue weighted by molar-refractivity contribution is 7.89. The molecular weight excluding hydrogens is 323 g/mol. The average molecular weight is 344 g/mol. The van der Waals surface area contributed by atoms with E-state index in [9.17, 15) is 17.6 Å². The number of esters is 1. The SMILES string of the molecule is COC(=O)c1ccc(F)cc1S(=O)(=O)NCCC1CCCNC1. The van der Waals surface area contributed by atoms with E-state index in [1.807, 2.05) is 0 Å². The van der Waals surface area contributed by atoms with Crippen LogP contribution in [0.15, 0.2) is 23.1 Å². The van der Waals surface area contributed by atoms with E-state index >= 15 is 0 Å². The van der Waals surface area contributed by atoms with Gasteiger partial charge in [0, 0.05) is 6.54 Å². The lowest BCUT2D eigenvalue weighted by Gasteiger charge is -2.22. The number of methoxy groups -OCH3 is 1. The second-order valence-electron chi connectivity index (χ2n) is 5.53. The predicted octanol–water partition coefficient (Wildman–Crippen LogP) is 1.28. The van der Waals surface area contributed by atoms with Crippen LogP contribution in [0.25, 0.3) is 0 Å². The summed E-state index contributed by atoms with van der Waals surface area (Å²) in [5, 5.41) is 3.27. The van der Waals surface area contributed by atoms with Crippen LogP contribution >= 0.6 is 0 Å². The summed E-state index contributed by atoms with van der Waals surface area (Å²) in [5.41, 5.74) is -0.180. The standard InChI is InChI=1S/C15H21FN2O4S/c1-22-15(19)13-5-4-12(16)9-14(13)23(20,21)18-8-6-11-3-2-7-17-10-11/h4-5,9,11,17-18H,2-3,6-8,10H2,1H3. The summed E-state index contributed by atoms with van der Waals surface area (Å²) >= 11 is 0. The number of sulfonamides is 1. The number of ether oxygens (including phenoxy) is 1. The number of carbonyl (C=O) groups is 1. The van der Waals surface area contributed by atoms with Crippen LogP contribution in [0.1, 0.15) is 29.6 Å². The van der Waals surface area contributed by atoms with Crippen molar-refractivity contribution in [2.45, 2.75) is 24.2 Å². The van der Waals surface area contributed by atoms with Gasteiger partial charge in [-0.05, 0) is 56.5 Å². The highest BCUT2D eigenvalue weighted by atomic mass is 32.2. The van der Waals surface area contributed by atoms with E-state index in [4.69, 9.17) is 0 Å². The van der Waals surface area contributed by atoms with Crippen molar-refractivity contribution >= 4 is 16.0 Å². The first-order valence-electron chi connectivity index (χ1n) is 7.52. The van der Waals surface area contributed by atoms with Gasteiger partial charge in [-0.25, -0.2) is 22.3 Å². The Labute approximate surface area is 135 Å². The van der Waals surface area contributed by atoms with Gasteiger partial charge in [0.1, 0.15) is 5.82 Å². The third-order valence-electron chi connectivity index (χ3n) is 3.88. The van der Waals surface area contributed by atoms with E-state index in [-0.39, 0.29) is 12.1 Å². The average Bonchev–Trinajstić information content (AvgIpc) is 2.55. The Bertz CT molecular complexity index is 657. The van der Waals surface area contributed by atoms with Crippen LogP contribution in [-0.4, -0.2) is 41.1 Å². The zero-order valence-electron chi connectivity index (χ0n) is 13.0. The molecule has 128 valence electrons. The second-order valence-corrected chi connectivity index (χ2v) is 7.27. The maximum atomic E-state index is 13.4. The number of benzene rings is 1. The largest absolute Gasteiger partial charge is 0.465 e. The quantitative estimate of drug-likeness (QED) is 0.760. The number of rotatable bonds is 6. The molecule has 23 heavy (non-hydrogen) atoms. The monoisotopic (exact) mass is 344 g/mol. The lowest BCUT2D eigenvalue weighted by atomic mass is 9.96. The summed E-state index contributed by atoms with van der Waals surface area (Å²) in [6.07, 6.45) is 2.82. The molecular formula is C15H21FN2O4S. The zero-order chi connectivity index (χ0) is 16.9. The van der Waals surface area contributed by atoms with Crippen LogP contribution in [-0.2, 0) is 14.8 Å². The highest BCUT2D eigenvalue weighted by Gasteiger charge is 2.24. The van der Waals surface area contributed by atoms with Gasteiger partial charge >= 0.3 is 5.97 Å². The molecule has 0 bridgehead atoms. The first-order valence-corrected chi connectivity index (χ1v) is 9.00. The Hall–Kier alpha value is -1.51. The summed E-state index contributed by atoms with van der Waals surface area (Å²) in [7, 11) is -2.84. The van der Waals surface area contributed by atoms with Gasteiger partial charge in [0.25, 0.3) is 0 Å². The maximum absolute atomic E-state index is 13.4. The summed E-state index contributed by atoms with van der Waals surface area (Å²) in [6.45, 7) is 2.11. The number of halogens is 1. The molecule has 6 nitrogen and oxygen atoms in total. The minimum absolute atomic E-state index is 0.180. The third kappa shape index (κ3) is 4.73. The molecule has 2 rings (SSSR count). The third-order valence-corrected chi connectivity index (χ3v) is 5.38. The smallest absolute Gasteiger partial charge is 0.339 e. The molecule has 0 aliphatic carbocycles. The topological polar surface area (TPSA) is 84.5 Å². The van der Waals surface area contributed by atoms with E-state index in [2.05, 4.69) is 14.8 Å². The highest BCUT2D eigenvalue weighted by Crippen LogP contribution is 2.19. The van der Waals surface area contributed by atoms with Crippen molar-refractivity contribution in [2.24, 2.45) is 5.92 Å². The Morgan fingerprint density at radius 3 is 2.91 bits per heavy atom. The summed E-state index contributed by atoms with van der Waals surface area (Å²) in [6, 6.07) is 2.97. The van der Waals surface area contributed by atoms with Gasteiger partial charge in [0.05, 0.1) is 17.6 Å². The molecule has 0 spiro atoms. The predicted molar refractivity (Wildman–Crippen MR) is 83.1 cm³/mol. The summed E-state index contributed by atoms with van der Waals surface area (Å²) in [5.74, 6) is -1.13. The molecule has 0 radical (unpaired) electrons. The van der Waals surface area contributed by atoms with E-state index < -0.39 is 26.7 Å². The number of nitrogens with one attached hydrogen (secondary N) is 2. The van der Waals surface area contributed by atoms with Crippen molar-refractivity contribution in [3.63, 3.8) is 0 Å². The molecule has 0 amide bonds. The first kappa shape index (κ1) is 17.8. The van der Waals surface area contributed by atoms with Gasteiger partial charge in [-0.15, -0.1) is 0 Å². The van der Waals surface area contributed by atoms with E-state index in [0.717, 1.165) is 51.2 Å². The van der Waals surface area contributed by atoms with Crippen molar-refractivity contribution < 1.29 is 22.3 Å². The maximum Gasteiger partial charge on any atom is 0.339 e. The Morgan fingerprint density at radius 2 is 2.26 bits per heavy atom.